The summed E-state index contributed by atoms with van der Waals surface area (Å²) in [5.74, 6) is -0.728. The van der Waals surface area contributed by atoms with Crippen molar-refractivity contribution >= 4 is 34.6 Å². The molecule has 13 nitrogen and oxygen atoms in total. The van der Waals surface area contributed by atoms with Crippen molar-refractivity contribution in [2.75, 3.05) is 57.9 Å². The van der Waals surface area contributed by atoms with E-state index >= 15 is 0 Å². The van der Waals surface area contributed by atoms with Crippen LogP contribution in [0.25, 0.3) is 33.3 Å². The Balaban J connectivity index is 1.31. The summed E-state index contributed by atoms with van der Waals surface area (Å²) in [6.45, 7) is 24.5. The molecule has 3 aliphatic heterocycles. The van der Waals surface area contributed by atoms with E-state index in [0.717, 1.165) is 97.8 Å². The molecular weight excluding hydrogens is 838 g/mol. The quantitative estimate of drug-likeness (QED) is 0.119. The minimum absolute atomic E-state index is 0.0119. The van der Waals surface area contributed by atoms with E-state index in [2.05, 4.69) is 97.1 Å². The largest absolute Gasteiger partial charge is 0.468 e. The number of ether oxygens (including phenoxy) is 3. The Labute approximate surface area is 390 Å². The van der Waals surface area contributed by atoms with Crippen LogP contribution in [-0.4, -0.2) is 114 Å². The maximum atomic E-state index is 14.9. The third-order valence-corrected chi connectivity index (χ3v) is 13.5. The van der Waals surface area contributed by atoms with Crippen LogP contribution in [-0.2, 0) is 49.9 Å². The molecule has 3 fully saturated rings. The molecule has 0 bridgehead atoms. The summed E-state index contributed by atoms with van der Waals surface area (Å²) >= 11 is 0. The van der Waals surface area contributed by atoms with Gasteiger partial charge in [0.15, 0.2) is 0 Å². The van der Waals surface area contributed by atoms with Crippen LogP contribution in [0.3, 0.4) is 0 Å². The summed E-state index contributed by atoms with van der Waals surface area (Å²) in [5.41, 5.74) is 11.9. The van der Waals surface area contributed by atoms with Gasteiger partial charge in [-0.3, -0.25) is 24.5 Å². The average Bonchev–Trinajstić information content (AvgIpc) is 3.60. The van der Waals surface area contributed by atoms with Gasteiger partial charge in [0.2, 0.25) is 0 Å². The number of fused-ring (bicyclic) bond motifs is 2. The number of aryl methyl sites for hydroxylation is 1. The van der Waals surface area contributed by atoms with Crippen molar-refractivity contribution < 1.29 is 33.0 Å². The van der Waals surface area contributed by atoms with E-state index in [1.54, 1.807) is 26.8 Å². The number of esters is 1. The number of hydrogen-bond donors (Lipinski definition) is 2. The minimum Gasteiger partial charge on any atom is -0.468 e. The lowest BCUT2D eigenvalue weighted by molar-refractivity contribution is -0.150. The smallest absolute Gasteiger partial charge is 0.408 e. The number of aromatic nitrogens is 2. The van der Waals surface area contributed by atoms with Crippen LogP contribution in [0.5, 0.6) is 0 Å². The van der Waals surface area contributed by atoms with E-state index in [-0.39, 0.29) is 17.8 Å². The van der Waals surface area contributed by atoms with E-state index in [1.165, 1.54) is 23.4 Å². The van der Waals surface area contributed by atoms with Crippen molar-refractivity contribution in [2.45, 2.75) is 137 Å². The van der Waals surface area contributed by atoms with Gasteiger partial charge in [0, 0.05) is 62.2 Å². The summed E-state index contributed by atoms with van der Waals surface area (Å²) < 4.78 is 33.8. The van der Waals surface area contributed by atoms with Gasteiger partial charge in [-0.2, -0.15) is 0 Å². The van der Waals surface area contributed by atoms with Gasteiger partial charge in [-0.25, -0.2) is 14.6 Å². The molecule has 5 heterocycles. The number of rotatable bonds is 14. The molecule has 4 aromatic rings. The lowest BCUT2D eigenvalue weighted by Crippen LogP contribution is -2.60. The number of halogens is 1. The number of pyridine rings is 1. The monoisotopic (exact) mass is 910 g/mol. The number of hydrogen-bond acceptors (Lipinski definition) is 10. The Hall–Kier alpha value is -5.05. The number of alkyl halides is 1. The Morgan fingerprint density at radius 1 is 0.985 bits per heavy atom. The third-order valence-electron chi connectivity index (χ3n) is 13.5. The van der Waals surface area contributed by atoms with Crippen molar-refractivity contribution in [1.82, 2.24) is 30.2 Å². The number of alkyl carbamates (subject to hydrolysis) is 1. The number of methoxy groups -OCH3 is 1. The molecule has 66 heavy (non-hydrogen) atoms. The van der Waals surface area contributed by atoms with E-state index in [9.17, 15) is 18.8 Å². The molecule has 0 saturated carbocycles. The molecule has 2 aromatic carbocycles. The Morgan fingerprint density at radius 2 is 1.76 bits per heavy atom. The van der Waals surface area contributed by atoms with E-state index in [0.29, 0.717) is 36.6 Å². The molecule has 3 aliphatic rings. The number of hydrazine groups is 1. The Morgan fingerprint density at radius 3 is 2.45 bits per heavy atom. The van der Waals surface area contributed by atoms with Gasteiger partial charge in [0.1, 0.15) is 24.4 Å². The van der Waals surface area contributed by atoms with Crippen molar-refractivity contribution in [3.63, 3.8) is 0 Å². The van der Waals surface area contributed by atoms with Gasteiger partial charge in [0.25, 0.3) is 5.91 Å². The van der Waals surface area contributed by atoms with Crippen molar-refractivity contribution in [2.24, 2.45) is 5.41 Å². The molecule has 2 amide bonds. The molecule has 358 valence electrons. The van der Waals surface area contributed by atoms with Crippen LogP contribution in [0, 0.1) is 5.41 Å². The number of benzene rings is 2. The standard InChI is InChI=1S/C52H72FN7O6/c1-11-52(8,9)28-42-40-26-36(15-16-45(40)59(12-2)47(42)41-27-38(30-54-46(41)33(3)4)58-19-18-57-20-21-65-32-39(57)31-58)37-23-34(22-35(24-37)29-53)25-44(55-50(63)66-51(5,6)7)48(61)60-17-13-14-43(56-60)49(62)64-10/h15-16,22-24,26-27,30,33,39,43-44,56H,11-14,17-21,25,28-29,31-32H2,1-10H3,(H,55,63)/t39-,43-,44-/m0/s1. The topological polar surface area (TPSA) is 130 Å². The fourth-order valence-corrected chi connectivity index (χ4v) is 9.75. The summed E-state index contributed by atoms with van der Waals surface area (Å²) in [5, 5.41) is 5.31. The number of amides is 2. The molecule has 0 radical (unpaired) electrons. The Kier molecular flexibility index (Phi) is 15.1. The predicted molar refractivity (Wildman–Crippen MR) is 258 cm³/mol. The average molecular weight is 910 g/mol. The number of nitrogens with zero attached hydrogens (tertiary/aromatic N) is 5. The normalized spacial score (nSPS) is 18.9. The van der Waals surface area contributed by atoms with E-state index < -0.39 is 42.3 Å². The van der Waals surface area contributed by atoms with Crippen LogP contribution in [0.1, 0.15) is 110 Å². The van der Waals surface area contributed by atoms with Crippen molar-refractivity contribution in [1.29, 1.82) is 0 Å². The van der Waals surface area contributed by atoms with Crippen LogP contribution in [0.4, 0.5) is 14.9 Å². The van der Waals surface area contributed by atoms with E-state index in [1.807, 2.05) is 12.1 Å². The molecule has 7 rings (SSSR count). The van der Waals surface area contributed by atoms with Gasteiger partial charge in [0.05, 0.1) is 49.6 Å². The number of piperazine rings is 1. The molecule has 3 saturated heterocycles. The molecule has 0 unspecified atom stereocenters. The third kappa shape index (κ3) is 11.0. The highest BCUT2D eigenvalue weighted by atomic mass is 19.1. The first kappa shape index (κ1) is 48.9. The SMILES string of the molecule is CCn1c(-c2cc(N3CCN4CCOC[C@@H]4C3)cnc2C(C)C)c(CC(C)(C)CC)c2cc(-c3cc(CF)cc(C[C@H](NC(=O)OC(C)(C)C)C(=O)N4CCC[C@@H](C(=O)OC)N4)c3)ccc21. The number of nitrogens with one attached hydrogen (secondary N) is 2. The van der Waals surface area contributed by atoms with Gasteiger partial charge in [-0.15, -0.1) is 0 Å². The second kappa shape index (κ2) is 20.4. The zero-order chi connectivity index (χ0) is 47.5. The zero-order valence-electron chi connectivity index (χ0n) is 40.9. The van der Waals surface area contributed by atoms with Gasteiger partial charge < -0.3 is 29.0 Å². The maximum Gasteiger partial charge on any atom is 0.408 e. The molecule has 0 aliphatic carbocycles. The van der Waals surface area contributed by atoms with Gasteiger partial charge in [-0.1, -0.05) is 59.2 Å². The molecule has 2 aromatic heterocycles. The lowest BCUT2D eigenvalue weighted by atomic mass is 9.81. The summed E-state index contributed by atoms with van der Waals surface area (Å²) in [6, 6.07) is 13.1. The summed E-state index contributed by atoms with van der Waals surface area (Å²) in [4.78, 5) is 50.2. The van der Waals surface area contributed by atoms with Crippen LogP contribution in [0.2, 0.25) is 0 Å². The fraction of sp³-hybridized carbons (Fsp3) is 0.577. The molecule has 2 N–H and O–H groups in total. The summed E-state index contributed by atoms with van der Waals surface area (Å²) in [7, 11) is 1.31. The first-order chi connectivity index (χ1) is 31.4. The number of carbonyl (C=O) groups excluding carboxylic acids is 3. The first-order valence-electron chi connectivity index (χ1n) is 24.0. The van der Waals surface area contributed by atoms with Crippen LogP contribution in [0.15, 0.2) is 48.7 Å². The zero-order valence-corrected chi connectivity index (χ0v) is 40.9. The number of carbonyl (C=O) groups is 3. The highest BCUT2D eigenvalue weighted by Crippen LogP contribution is 2.43. The van der Waals surface area contributed by atoms with Crippen LogP contribution < -0.4 is 15.6 Å². The molecular formula is C52H72FN7O6. The van der Waals surface area contributed by atoms with E-state index in [4.69, 9.17) is 19.2 Å². The fourth-order valence-electron chi connectivity index (χ4n) is 9.75. The van der Waals surface area contributed by atoms with Gasteiger partial charge >= 0.3 is 12.1 Å². The van der Waals surface area contributed by atoms with Crippen molar-refractivity contribution in [3.05, 3.63) is 71.0 Å². The number of morpholine rings is 1. The van der Waals surface area contributed by atoms with Gasteiger partial charge in [-0.05, 0) is 110 Å². The molecule has 14 heteroatoms. The Bertz CT molecular complexity index is 2390. The predicted octanol–water partition coefficient (Wildman–Crippen LogP) is 8.59. The molecule has 0 spiro atoms. The summed E-state index contributed by atoms with van der Waals surface area (Å²) in [6.07, 6.45) is 4.25. The minimum atomic E-state index is -1.09. The second-order valence-corrected chi connectivity index (χ2v) is 20.4. The van der Waals surface area contributed by atoms with Crippen molar-refractivity contribution in [3.8, 4) is 22.4 Å². The lowest BCUT2D eigenvalue weighted by Gasteiger charge is -2.44. The number of anilines is 1. The molecule has 3 atom stereocenters. The highest BCUT2D eigenvalue weighted by molar-refractivity contribution is 5.96. The van der Waals surface area contributed by atoms with Crippen LogP contribution >= 0.6 is 0 Å². The first-order valence-corrected chi connectivity index (χ1v) is 24.0. The maximum absolute atomic E-state index is 14.9. The second-order valence-electron chi connectivity index (χ2n) is 20.4. The highest BCUT2D eigenvalue weighted by Gasteiger charge is 2.35.